The molecular formula is C24H30N4O3. The van der Waals surface area contributed by atoms with E-state index < -0.39 is 0 Å². The van der Waals surface area contributed by atoms with Gasteiger partial charge in [0.1, 0.15) is 0 Å². The van der Waals surface area contributed by atoms with Gasteiger partial charge in [0.25, 0.3) is 5.91 Å². The average molecular weight is 423 g/mol. The van der Waals surface area contributed by atoms with Crippen LogP contribution in [0.1, 0.15) is 37.0 Å². The first-order chi connectivity index (χ1) is 14.9. The highest BCUT2D eigenvalue weighted by atomic mass is 16.2. The summed E-state index contributed by atoms with van der Waals surface area (Å²) >= 11 is 0. The average Bonchev–Trinajstić information content (AvgIpc) is 3.58. The number of piperazine rings is 1. The first-order valence-corrected chi connectivity index (χ1v) is 11.1. The molecule has 3 amide bonds. The largest absolute Gasteiger partial charge is 0.353 e. The number of hydrogen-bond acceptors (Lipinski definition) is 4. The number of nitrogens with one attached hydrogen (secondary N) is 2. The molecule has 164 valence electrons. The fourth-order valence-electron chi connectivity index (χ4n) is 3.95. The van der Waals surface area contributed by atoms with E-state index in [1.165, 1.54) is 0 Å². The van der Waals surface area contributed by atoms with Gasteiger partial charge in [-0.1, -0.05) is 24.3 Å². The lowest BCUT2D eigenvalue weighted by molar-refractivity contribution is -0.123. The van der Waals surface area contributed by atoms with Gasteiger partial charge in [-0.25, -0.2) is 0 Å². The van der Waals surface area contributed by atoms with Crippen LogP contribution in [-0.2, 0) is 9.59 Å². The summed E-state index contributed by atoms with van der Waals surface area (Å²) in [5.74, 6) is -0.0159. The van der Waals surface area contributed by atoms with Gasteiger partial charge in [-0.2, -0.15) is 0 Å². The Morgan fingerprint density at radius 1 is 1.00 bits per heavy atom. The van der Waals surface area contributed by atoms with E-state index in [0.29, 0.717) is 44.0 Å². The van der Waals surface area contributed by atoms with Crippen molar-refractivity contribution in [2.45, 2.75) is 32.7 Å². The Bertz CT molecular complexity index is 991. The summed E-state index contributed by atoms with van der Waals surface area (Å²) in [6.45, 7) is 6.63. The van der Waals surface area contributed by atoms with Crippen LogP contribution in [0.5, 0.6) is 0 Å². The van der Waals surface area contributed by atoms with Crippen molar-refractivity contribution in [3.8, 4) is 0 Å². The van der Waals surface area contributed by atoms with Crippen LogP contribution < -0.4 is 10.6 Å². The lowest BCUT2D eigenvalue weighted by atomic mass is 10.0. The molecule has 7 nitrogen and oxygen atoms in total. The quantitative estimate of drug-likeness (QED) is 0.749. The first-order valence-electron chi connectivity index (χ1n) is 11.1. The highest BCUT2D eigenvalue weighted by molar-refractivity contribution is 6.08. The molecule has 2 aromatic carbocycles. The van der Waals surface area contributed by atoms with E-state index in [-0.39, 0.29) is 29.7 Å². The van der Waals surface area contributed by atoms with Crippen molar-refractivity contribution in [2.75, 3.05) is 38.0 Å². The number of amides is 3. The number of rotatable bonds is 6. The van der Waals surface area contributed by atoms with E-state index >= 15 is 0 Å². The van der Waals surface area contributed by atoms with Crippen molar-refractivity contribution in [2.24, 2.45) is 5.92 Å². The summed E-state index contributed by atoms with van der Waals surface area (Å²) < 4.78 is 0. The smallest absolute Gasteiger partial charge is 0.256 e. The van der Waals surface area contributed by atoms with Gasteiger partial charge in [0.05, 0.1) is 17.8 Å². The fourth-order valence-corrected chi connectivity index (χ4v) is 3.95. The summed E-state index contributed by atoms with van der Waals surface area (Å²) in [4.78, 5) is 41.7. The van der Waals surface area contributed by atoms with Gasteiger partial charge >= 0.3 is 0 Å². The van der Waals surface area contributed by atoms with Crippen molar-refractivity contribution >= 4 is 34.2 Å². The molecule has 0 unspecified atom stereocenters. The topological polar surface area (TPSA) is 81.8 Å². The number of anilines is 1. The number of benzene rings is 2. The van der Waals surface area contributed by atoms with E-state index in [1.807, 2.05) is 55.1 Å². The van der Waals surface area contributed by atoms with Crippen LogP contribution in [0.15, 0.2) is 36.4 Å². The van der Waals surface area contributed by atoms with E-state index in [4.69, 9.17) is 0 Å². The van der Waals surface area contributed by atoms with Crippen molar-refractivity contribution in [3.63, 3.8) is 0 Å². The van der Waals surface area contributed by atoms with Crippen LogP contribution in [0, 0.1) is 5.92 Å². The monoisotopic (exact) mass is 422 g/mol. The lowest BCUT2D eigenvalue weighted by Gasteiger charge is -2.34. The SMILES string of the molecule is CC(C)NC(=O)CN1CCN(C(=O)c2cc3ccccc3cc2NC(=O)C2CC2)CC1. The standard InChI is InChI=1S/C24H30N4O3/c1-16(2)25-22(29)15-27-9-11-28(12-10-27)24(31)20-13-18-5-3-4-6-19(18)14-21(20)26-23(30)17-7-8-17/h3-6,13-14,16-17H,7-12,15H2,1-2H3,(H,25,29)(H,26,30). The molecule has 0 atom stereocenters. The normalized spacial score (nSPS) is 17.1. The zero-order chi connectivity index (χ0) is 22.0. The Balaban J connectivity index is 1.48. The maximum atomic E-state index is 13.4. The van der Waals surface area contributed by atoms with Gasteiger partial charge in [-0.05, 0) is 49.6 Å². The number of nitrogens with zero attached hydrogens (tertiary/aromatic N) is 2. The Morgan fingerprint density at radius 3 is 2.26 bits per heavy atom. The third-order valence-electron chi connectivity index (χ3n) is 5.80. The van der Waals surface area contributed by atoms with Gasteiger partial charge in [-0.3, -0.25) is 19.3 Å². The molecule has 31 heavy (non-hydrogen) atoms. The van der Waals surface area contributed by atoms with Crippen LogP contribution in [-0.4, -0.2) is 66.3 Å². The molecule has 7 heteroatoms. The van der Waals surface area contributed by atoms with E-state index in [2.05, 4.69) is 15.5 Å². The molecule has 1 saturated heterocycles. The second kappa shape index (κ2) is 9.06. The molecule has 0 bridgehead atoms. The zero-order valence-electron chi connectivity index (χ0n) is 18.2. The molecule has 4 rings (SSSR count). The molecule has 1 aliphatic heterocycles. The predicted molar refractivity (Wildman–Crippen MR) is 121 cm³/mol. The summed E-state index contributed by atoms with van der Waals surface area (Å²) in [6, 6.07) is 11.7. The van der Waals surface area contributed by atoms with Crippen LogP contribution in [0.2, 0.25) is 0 Å². The Labute approximate surface area is 182 Å². The second-order valence-electron chi connectivity index (χ2n) is 8.80. The number of carbonyl (C=O) groups excluding carboxylic acids is 3. The highest BCUT2D eigenvalue weighted by Crippen LogP contribution is 2.32. The van der Waals surface area contributed by atoms with Gasteiger partial charge in [0, 0.05) is 38.1 Å². The molecular weight excluding hydrogens is 392 g/mol. The van der Waals surface area contributed by atoms with Crippen molar-refractivity contribution < 1.29 is 14.4 Å². The Kier molecular flexibility index (Phi) is 6.23. The zero-order valence-corrected chi connectivity index (χ0v) is 18.2. The summed E-state index contributed by atoms with van der Waals surface area (Å²) in [5, 5.41) is 7.86. The minimum atomic E-state index is -0.0804. The van der Waals surface area contributed by atoms with E-state index in [1.54, 1.807) is 0 Å². The molecule has 0 aromatic heterocycles. The molecule has 0 radical (unpaired) electrons. The molecule has 2 fully saturated rings. The van der Waals surface area contributed by atoms with Crippen LogP contribution >= 0.6 is 0 Å². The first kappa shape index (κ1) is 21.3. The summed E-state index contributed by atoms with van der Waals surface area (Å²) in [7, 11) is 0. The van der Waals surface area contributed by atoms with Gasteiger partial charge in [0.2, 0.25) is 11.8 Å². The predicted octanol–water partition coefficient (Wildman–Crippen LogP) is 2.47. The van der Waals surface area contributed by atoms with Gasteiger partial charge < -0.3 is 15.5 Å². The van der Waals surface area contributed by atoms with Crippen LogP contribution in [0.4, 0.5) is 5.69 Å². The van der Waals surface area contributed by atoms with Crippen molar-refractivity contribution in [3.05, 3.63) is 42.0 Å². The van der Waals surface area contributed by atoms with E-state index in [9.17, 15) is 14.4 Å². The van der Waals surface area contributed by atoms with Crippen molar-refractivity contribution in [1.29, 1.82) is 0 Å². The third kappa shape index (κ3) is 5.22. The van der Waals surface area contributed by atoms with E-state index in [0.717, 1.165) is 23.6 Å². The Hall–Kier alpha value is -2.93. The number of carbonyl (C=O) groups is 3. The minimum Gasteiger partial charge on any atom is -0.353 e. The van der Waals surface area contributed by atoms with Crippen LogP contribution in [0.25, 0.3) is 10.8 Å². The molecule has 1 aliphatic carbocycles. The number of hydrogen-bond donors (Lipinski definition) is 2. The molecule has 0 spiro atoms. The molecule has 1 saturated carbocycles. The summed E-state index contributed by atoms with van der Waals surface area (Å²) in [5.41, 5.74) is 1.11. The van der Waals surface area contributed by atoms with Crippen LogP contribution in [0.3, 0.4) is 0 Å². The summed E-state index contributed by atoms with van der Waals surface area (Å²) in [6.07, 6.45) is 1.82. The Morgan fingerprint density at radius 2 is 1.65 bits per heavy atom. The maximum absolute atomic E-state index is 13.4. The lowest BCUT2D eigenvalue weighted by Crippen LogP contribution is -2.51. The van der Waals surface area contributed by atoms with Gasteiger partial charge in [-0.15, -0.1) is 0 Å². The minimum absolute atomic E-state index is 0.00869. The number of fused-ring (bicyclic) bond motifs is 1. The highest BCUT2D eigenvalue weighted by Gasteiger charge is 2.31. The molecule has 2 aromatic rings. The molecule has 1 heterocycles. The molecule has 2 aliphatic rings. The van der Waals surface area contributed by atoms with Gasteiger partial charge in [0.15, 0.2) is 0 Å². The van der Waals surface area contributed by atoms with Crippen molar-refractivity contribution in [1.82, 2.24) is 15.1 Å². The second-order valence-corrected chi connectivity index (χ2v) is 8.80. The fraction of sp³-hybridized carbons (Fsp3) is 0.458. The molecule has 2 N–H and O–H groups in total. The third-order valence-corrected chi connectivity index (χ3v) is 5.80. The maximum Gasteiger partial charge on any atom is 0.256 e.